The van der Waals surface area contributed by atoms with Crippen LogP contribution in [0.4, 0.5) is 0 Å². The van der Waals surface area contributed by atoms with Crippen molar-refractivity contribution in [2.75, 3.05) is 6.61 Å². The largest absolute Gasteiger partial charge is 0.435 e. The second kappa shape index (κ2) is 9.31. The smallest absolute Gasteiger partial charge is 0.314 e. The van der Waals surface area contributed by atoms with Crippen LogP contribution in [0, 0.1) is 11.3 Å². The monoisotopic (exact) mass is 326 g/mol. The van der Waals surface area contributed by atoms with Crippen LogP contribution < -0.4 is 0 Å². The Kier molecular flexibility index (Phi) is 8.12. The zero-order valence-electron chi connectivity index (χ0n) is 14.6. The van der Waals surface area contributed by atoms with Gasteiger partial charge in [-0.3, -0.25) is 4.79 Å². The van der Waals surface area contributed by atoms with Crippen LogP contribution >= 0.6 is 11.3 Å². The molecule has 0 aliphatic heterocycles. The lowest BCUT2D eigenvalue weighted by Gasteiger charge is -2.33. The molecule has 0 radical (unpaired) electrons. The summed E-state index contributed by atoms with van der Waals surface area (Å²) in [5.74, 6) is 0.168. The van der Waals surface area contributed by atoms with Crippen LogP contribution in [0.2, 0.25) is 0 Å². The predicted molar refractivity (Wildman–Crippen MR) is 92.0 cm³/mol. The van der Waals surface area contributed by atoms with E-state index in [0.717, 1.165) is 19.3 Å². The molecule has 0 bridgehead atoms. The Labute approximate surface area is 139 Å². The van der Waals surface area contributed by atoms with Crippen molar-refractivity contribution in [1.82, 2.24) is 0 Å². The number of carbonyl (C=O) groups is 1. The van der Waals surface area contributed by atoms with Crippen molar-refractivity contribution >= 4 is 17.3 Å². The molecular formula is C18H30O3S. The van der Waals surface area contributed by atoms with Crippen LogP contribution in [0.15, 0.2) is 17.5 Å². The highest BCUT2D eigenvalue weighted by atomic mass is 32.1. The van der Waals surface area contributed by atoms with Gasteiger partial charge in [0, 0.05) is 17.7 Å². The van der Waals surface area contributed by atoms with Gasteiger partial charge in [0.1, 0.15) is 0 Å². The molecule has 1 aromatic rings. The first-order valence-electron chi connectivity index (χ1n) is 8.32. The molecule has 1 rings (SSSR count). The van der Waals surface area contributed by atoms with Gasteiger partial charge in [-0.1, -0.05) is 40.2 Å². The van der Waals surface area contributed by atoms with E-state index in [4.69, 9.17) is 9.47 Å². The Hall–Kier alpha value is -0.870. The number of esters is 1. The molecule has 0 spiro atoms. The van der Waals surface area contributed by atoms with Crippen LogP contribution in [0.25, 0.3) is 0 Å². The van der Waals surface area contributed by atoms with Crippen molar-refractivity contribution < 1.29 is 14.3 Å². The van der Waals surface area contributed by atoms with Gasteiger partial charge in [-0.25, -0.2) is 0 Å². The van der Waals surface area contributed by atoms with E-state index < -0.39 is 11.7 Å². The maximum Gasteiger partial charge on any atom is 0.314 e. The second-order valence-electron chi connectivity index (χ2n) is 6.02. The summed E-state index contributed by atoms with van der Waals surface area (Å²) >= 11 is 1.72. The van der Waals surface area contributed by atoms with E-state index in [0.29, 0.717) is 18.9 Å². The molecule has 0 fully saturated rings. The van der Waals surface area contributed by atoms with Gasteiger partial charge in [0.25, 0.3) is 0 Å². The average Bonchev–Trinajstić information content (AvgIpc) is 3.05. The third-order valence-electron chi connectivity index (χ3n) is 4.70. The van der Waals surface area contributed by atoms with Gasteiger partial charge in [-0.15, -0.1) is 11.3 Å². The van der Waals surface area contributed by atoms with Crippen LogP contribution in [0.3, 0.4) is 0 Å². The highest BCUT2D eigenvalue weighted by Crippen LogP contribution is 2.35. The molecule has 3 nitrogen and oxygen atoms in total. The summed E-state index contributed by atoms with van der Waals surface area (Å²) in [5, 5.41) is 2.06. The molecule has 4 heteroatoms. The Morgan fingerprint density at radius 2 is 2.05 bits per heavy atom. The van der Waals surface area contributed by atoms with Crippen LogP contribution in [-0.2, 0) is 20.7 Å². The minimum absolute atomic E-state index is 0.132. The number of hydrogen-bond donors (Lipinski definition) is 0. The molecule has 1 heterocycles. The van der Waals surface area contributed by atoms with Gasteiger partial charge < -0.3 is 9.47 Å². The number of carbonyl (C=O) groups excluding carboxylic acids is 1. The van der Waals surface area contributed by atoms with E-state index >= 15 is 0 Å². The van der Waals surface area contributed by atoms with Gasteiger partial charge in [-0.2, -0.15) is 0 Å². The van der Waals surface area contributed by atoms with E-state index in [1.807, 2.05) is 26.8 Å². The summed E-state index contributed by atoms with van der Waals surface area (Å²) < 4.78 is 11.4. The molecule has 22 heavy (non-hydrogen) atoms. The highest BCUT2D eigenvalue weighted by Gasteiger charge is 2.38. The molecule has 0 aliphatic rings. The zero-order valence-corrected chi connectivity index (χ0v) is 15.4. The van der Waals surface area contributed by atoms with E-state index in [-0.39, 0.29) is 5.97 Å². The maximum absolute atomic E-state index is 12.6. The minimum Gasteiger partial charge on any atom is -0.435 e. The van der Waals surface area contributed by atoms with E-state index in [2.05, 4.69) is 25.3 Å². The summed E-state index contributed by atoms with van der Waals surface area (Å²) in [6.45, 7) is 10.8. The summed E-state index contributed by atoms with van der Waals surface area (Å²) in [6, 6.07) is 4.13. The lowest BCUT2D eigenvalue weighted by atomic mass is 9.74. The first-order chi connectivity index (χ1) is 10.5. The first-order valence-corrected chi connectivity index (χ1v) is 9.20. The molecule has 3 atom stereocenters. The molecule has 0 N–H and O–H groups in total. The van der Waals surface area contributed by atoms with E-state index in [9.17, 15) is 4.79 Å². The third kappa shape index (κ3) is 5.10. The maximum atomic E-state index is 12.6. The summed E-state index contributed by atoms with van der Waals surface area (Å²) in [7, 11) is 0. The van der Waals surface area contributed by atoms with Crippen molar-refractivity contribution in [3.8, 4) is 0 Å². The first kappa shape index (κ1) is 19.2. The van der Waals surface area contributed by atoms with Crippen molar-refractivity contribution in [1.29, 1.82) is 0 Å². The fourth-order valence-corrected chi connectivity index (χ4v) is 3.07. The predicted octanol–water partition coefficient (Wildman–Crippen LogP) is 5.05. The van der Waals surface area contributed by atoms with Gasteiger partial charge in [0.05, 0.1) is 12.0 Å². The average molecular weight is 327 g/mol. The lowest BCUT2D eigenvalue weighted by Crippen LogP contribution is -2.38. The third-order valence-corrected chi connectivity index (χ3v) is 5.64. The Morgan fingerprint density at radius 1 is 1.32 bits per heavy atom. The fraction of sp³-hybridized carbons (Fsp3) is 0.722. The Bertz CT molecular complexity index is 430. The molecule has 0 saturated carbocycles. The standard InChI is InChI=1S/C18H30O3S/c1-6-14(4)18(5,8-3)17(19)21-16(7-2)20-12-11-15-10-9-13-22-15/h9-10,13-14,16H,6-8,11-12H2,1-5H3. The SMILES string of the molecule is CCC(OCCc1cccs1)OC(=O)C(C)(CC)C(C)CC. The molecule has 0 aromatic carbocycles. The highest BCUT2D eigenvalue weighted by molar-refractivity contribution is 7.09. The zero-order chi connectivity index (χ0) is 16.6. The van der Waals surface area contributed by atoms with Gasteiger partial charge in [-0.05, 0) is 30.7 Å². The van der Waals surface area contributed by atoms with Crippen molar-refractivity contribution in [2.45, 2.75) is 66.6 Å². The number of thiophene rings is 1. The summed E-state index contributed by atoms with van der Waals surface area (Å²) in [4.78, 5) is 13.8. The van der Waals surface area contributed by atoms with Gasteiger partial charge >= 0.3 is 5.97 Å². The number of rotatable bonds is 10. The molecule has 126 valence electrons. The topological polar surface area (TPSA) is 35.5 Å². The van der Waals surface area contributed by atoms with Gasteiger partial charge in [0.2, 0.25) is 6.29 Å². The molecule has 0 amide bonds. The van der Waals surface area contributed by atoms with E-state index in [1.54, 1.807) is 11.3 Å². The second-order valence-corrected chi connectivity index (χ2v) is 7.06. The summed E-state index contributed by atoms with van der Waals surface area (Å²) in [5.41, 5.74) is -0.431. The van der Waals surface area contributed by atoms with Crippen molar-refractivity contribution in [2.24, 2.45) is 11.3 Å². The van der Waals surface area contributed by atoms with E-state index in [1.165, 1.54) is 4.88 Å². The number of ether oxygens (including phenoxy) is 2. The van der Waals surface area contributed by atoms with Crippen LogP contribution in [0.1, 0.15) is 58.8 Å². The Morgan fingerprint density at radius 3 is 2.55 bits per heavy atom. The molecular weight excluding hydrogens is 296 g/mol. The normalized spacial score (nSPS) is 16.8. The summed E-state index contributed by atoms with van der Waals surface area (Å²) in [6.07, 6.45) is 2.85. The van der Waals surface area contributed by atoms with Crippen LogP contribution in [-0.4, -0.2) is 18.9 Å². The molecule has 1 aromatic heterocycles. The molecule has 0 saturated heterocycles. The van der Waals surface area contributed by atoms with Gasteiger partial charge in [0.15, 0.2) is 0 Å². The van der Waals surface area contributed by atoms with Crippen molar-refractivity contribution in [3.63, 3.8) is 0 Å². The fourth-order valence-electron chi connectivity index (χ4n) is 2.38. The molecule has 0 aliphatic carbocycles. The quantitative estimate of drug-likeness (QED) is 0.446. The number of hydrogen-bond acceptors (Lipinski definition) is 4. The Balaban J connectivity index is 2.51. The molecule has 3 unspecified atom stereocenters. The van der Waals surface area contributed by atoms with Crippen LogP contribution in [0.5, 0.6) is 0 Å². The van der Waals surface area contributed by atoms with Crippen molar-refractivity contribution in [3.05, 3.63) is 22.4 Å². The lowest BCUT2D eigenvalue weighted by molar-refractivity contribution is -0.193. The minimum atomic E-state index is -0.442.